The molecule has 0 bridgehead atoms. The van der Waals surface area contributed by atoms with E-state index in [0.29, 0.717) is 24.5 Å². The molecule has 0 aromatic carbocycles. The van der Waals surface area contributed by atoms with Gasteiger partial charge in [0.15, 0.2) is 11.5 Å². The predicted molar refractivity (Wildman–Crippen MR) is 94.2 cm³/mol. The minimum absolute atomic E-state index is 0.0976. The molecule has 1 fully saturated rings. The fourth-order valence-electron chi connectivity index (χ4n) is 2.86. The molecule has 1 aliphatic rings. The lowest BCUT2D eigenvalue weighted by Gasteiger charge is -2.18. The van der Waals surface area contributed by atoms with Crippen molar-refractivity contribution in [3.63, 3.8) is 0 Å². The molecule has 7 heteroatoms. The fraction of sp³-hybridized carbons (Fsp3) is 0.278. The molecule has 3 aromatic heterocycles. The Morgan fingerprint density at radius 3 is 3.04 bits per heavy atom. The molecule has 4 rings (SSSR count). The van der Waals surface area contributed by atoms with Crippen LogP contribution in [0, 0.1) is 0 Å². The lowest BCUT2D eigenvalue weighted by atomic mass is 10.2. The zero-order valence-electron chi connectivity index (χ0n) is 13.5. The molecule has 1 atom stereocenters. The highest BCUT2D eigenvalue weighted by Crippen LogP contribution is 2.34. The molecule has 3 aromatic rings. The standard InChI is InChI=1S/C18H17N3O3S/c22-18(14-11-16(24-20-14)13-3-1-6-19-12-13)21-7-5-17(25-10-8-21)15-4-2-9-23-15/h1-4,6,9,11-12,17H,5,7-8,10H2/t17-/m1/s1. The van der Waals surface area contributed by atoms with Crippen molar-refractivity contribution in [1.29, 1.82) is 0 Å². The minimum Gasteiger partial charge on any atom is -0.468 e. The van der Waals surface area contributed by atoms with Gasteiger partial charge in [-0.1, -0.05) is 5.16 Å². The molecular formula is C18H17N3O3S. The Hall–Kier alpha value is -2.54. The number of aromatic nitrogens is 2. The zero-order valence-corrected chi connectivity index (χ0v) is 14.3. The monoisotopic (exact) mass is 355 g/mol. The average Bonchev–Trinajstić information content (AvgIpc) is 3.30. The van der Waals surface area contributed by atoms with Crippen LogP contribution in [-0.2, 0) is 0 Å². The lowest BCUT2D eigenvalue weighted by molar-refractivity contribution is 0.0755. The Morgan fingerprint density at radius 2 is 2.24 bits per heavy atom. The van der Waals surface area contributed by atoms with E-state index in [4.69, 9.17) is 8.94 Å². The number of carbonyl (C=O) groups excluding carboxylic acids is 1. The van der Waals surface area contributed by atoms with Gasteiger partial charge >= 0.3 is 0 Å². The number of nitrogens with zero attached hydrogens (tertiary/aromatic N) is 3. The molecule has 128 valence electrons. The van der Waals surface area contributed by atoms with Gasteiger partial charge in [-0.25, -0.2) is 0 Å². The van der Waals surface area contributed by atoms with Crippen LogP contribution in [0.15, 0.2) is 57.9 Å². The van der Waals surface area contributed by atoms with Crippen LogP contribution in [0.4, 0.5) is 0 Å². The molecule has 6 nitrogen and oxygen atoms in total. The Balaban J connectivity index is 1.45. The first-order valence-electron chi connectivity index (χ1n) is 8.12. The highest BCUT2D eigenvalue weighted by molar-refractivity contribution is 7.99. The van der Waals surface area contributed by atoms with Crippen LogP contribution in [-0.4, -0.2) is 39.8 Å². The third-order valence-corrected chi connectivity index (χ3v) is 5.45. The normalized spacial score (nSPS) is 18.1. The van der Waals surface area contributed by atoms with E-state index in [1.165, 1.54) is 0 Å². The number of pyridine rings is 1. The second kappa shape index (κ2) is 7.14. The van der Waals surface area contributed by atoms with E-state index in [-0.39, 0.29) is 11.2 Å². The molecule has 4 heterocycles. The molecule has 0 saturated carbocycles. The van der Waals surface area contributed by atoms with Gasteiger partial charge in [-0.05, 0) is 30.7 Å². The third kappa shape index (κ3) is 3.46. The van der Waals surface area contributed by atoms with E-state index in [1.807, 2.05) is 40.9 Å². The third-order valence-electron chi connectivity index (χ3n) is 4.16. The fourth-order valence-corrected chi connectivity index (χ4v) is 4.04. The number of carbonyl (C=O) groups is 1. The summed E-state index contributed by atoms with van der Waals surface area (Å²) >= 11 is 1.82. The summed E-state index contributed by atoms with van der Waals surface area (Å²) in [5, 5.41) is 4.24. The van der Waals surface area contributed by atoms with E-state index in [9.17, 15) is 4.79 Å². The molecule has 0 aliphatic carbocycles. The van der Waals surface area contributed by atoms with Gasteiger partial charge in [-0.2, -0.15) is 0 Å². The molecule has 0 N–H and O–H groups in total. The maximum atomic E-state index is 12.7. The number of hydrogen-bond donors (Lipinski definition) is 0. The topological polar surface area (TPSA) is 72.4 Å². The molecular weight excluding hydrogens is 338 g/mol. The largest absolute Gasteiger partial charge is 0.468 e. The average molecular weight is 355 g/mol. The molecule has 0 radical (unpaired) electrons. The van der Waals surface area contributed by atoms with Crippen LogP contribution in [0.5, 0.6) is 0 Å². The first kappa shape index (κ1) is 16.0. The van der Waals surface area contributed by atoms with Gasteiger partial charge in [-0.3, -0.25) is 9.78 Å². The van der Waals surface area contributed by atoms with E-state index in [0.717, 1.165) is 23.5 Å². The summed E-state index contributed by atoms with van der Waals surface area (Å²) in [6, 6.07) is 9.27. The highest BCUT2D eigenvalue weighted by atomic mass is 32.2. The van der Waals surface area contributed by atoms with Crippen molar-refractivity contribution >= 4 is 17.7 Å². The van der Waals surface area contributed by atoms with E-state index < -0.39 is 0 Å². The smallest absolute Gasteiger partial charge is 0.276 e. The van der Waals surface area contributed by atoms with Crippen molar-refractivity contribution in [1.82, 2.24) is 15.0 Å². The van der Waals surface area contributed by atoms with Crippen molar-refractivity contribution in [2.75, 3.05) is 18.8 Å². The first-order chi connectivity index (χ1) is 12.3. The lowest BCUT2D eigenvalue weighted by Crippen LogP contribution is -2.33. The van der Waals surface area contributed by atoms with Crippen molar-refractivity contribution in [2.45, 2.75) is 11.7 Å². The molecule has 25 heavy (non-hydrogen) atoms. The number of rotatable bonds is 3. The van der Waals surface area contributed by atoms with Gasteiger partial charge in [0.2, 0.25) is 0 Å². The molecule has 0 unspecified atom stereocenters. The highest BCUT2D eigenvalue weighted by Gasteiger charge is 2.26. The van der Waals surface area contributed by atoms with Crippen molar-refractivity contribution in [3.8, 4) is 11.3 Å². The summed E-state index contributed by atoms with van der Waals surface area (Å²) in [7, 11) is 0. The van der Waals surface area contributed by atoms with Gasteiger partial charge in [0.25, 0.3) is 5.91 Å². The second-order valence-corrected chi connectivity index (χ2v) is 7.08. The summed E-state index contributed by atoms with van der Waals surface area (Å²) in [5.74, 6) is 2.29. The van der Waals surface area contributed by atoms with Crippen LogP contribution >= 0.6 is 11.8 Å². The number of amides is 1. The molecule has 1 saturated heterocycles. The number of thioether (sulfide) groups is 1. The van der Waals surface area contributed by atoms with Crippen molar-refractivity contribution in [3.05, 3.63) is 60.4 Å². The van der Waals surface area contributed by atoms with Crippen LogP contribution in [0.25, 0.3) is 11.3 Å². The van der Waals surface area contributed by atoms with Crippen LogP contribution in [0.2, 0.25) is 0 Å². The van der Waals surface area contributed by atoms with Gasteiger partial charge in [0.05, 0.1) is 11.5 Å². The Morgan fingerprint density at radius 1 is 1.28 bits per heavy atom. The summed E-state index contributed by atoms with van der Waals surface area (Å²) in [4.78, 5) is 18.6. The molecule has 1 aliphatic heterocycles. The van der Waals surface area contributed by atoms with E-state index in [1.54, 1.807) is 24.7 Å². The molecule has 1 amide bonds. The minimum atomic E-state index is -0.0976. The summed E-state index contributed by atoms with van der Waals surface area (Å²) in [6.45, 7) is 1.36. The van der Waals surface area contributed by atoms with Crippen LogP contribution in [0.3, 0.4) is 0 Å². The Kier molecular flexibility index (Phi) is 4.56. The summed E-state index contributed by atoms with van der Waals surface area (Å²) in [6.07, 6.45) is 5.93. The van der Waals surface area contributed by atoms with Crippen molar-refractivity contribution in [2.24, 2.45) is 0 Å². The van der Waals surface area contributed by atoms with Gasteiger partial charge < -0.3 is 13.8 Å². The Bertz CT molecular complexity index is 832. The maximum Gasteiger partial charge on any atom is 0.276 e. The number of hydrogen-bond acceptors (Lipinski definition) is 6. The van der Waals surface area contributed by atoms with Gasteiger partial charge in [0.1, 0.15) is 5.76 Å². The predicted octanol–water partition coefficient (Wildman–Crippen LogP) is 3.65. The quantitative estimate of drug-likeness (QED) is 0.714. The van der Waals surface area contributed by atoms with Gasteiger partial charge in [-0.15, -0.1) is 11.8 Å². The summed E-state index contributed by atoms with van der Waals surface area (Å²) < 4.78 is 10.8. The van der Waals surface area contributed by atoms with E-state index >= 15 is 0 Å². The second-order valence-electron chi connectivity index (χ2n) is 5.77. The SMILES string of the molecule is O=C(c1cc(-c2cccnc2)on1)N1CCS[C@@H](c2ccco2)CC1. The zero-order chi connectivity index (χ0) is 17.1. The first-order valence-corrected chi connectivity index (χ1v) is 9.17. The van der Waals surface area contributed by atoms with Crippen molar-refractivity contribution < 1.29 is 13.7 Å². The van der Waals surface area contributed by atoms with E-state index in [2.05, 4.69) is 10.1 Å². The number of furan rings is 1. The maximum absolute atomic E-state index is 12.7. The Labute approximate surface area is 149 Å². The van der Waals surface area contributed by atoms with Crippen LogP contribution in [0.1, 0.15) is 27.9 Å². The molecule has 0 spiro atoms. The van der Waals surface area contributed by atoms with Gasteiger partial charge in [0, 0.05) is 42.9 Å². The summed E-state index contributed by atoms with van der Waals surface area (Å²) in [5.41, 5.74) is 1.14. The van der Waals surface area contributed by atoms with Crippen LogP contribution < -0.4 is 0 Å².